The van der Waals surface area contributed by atoms with E-state index in [2.05, 4.69) is 88.0 Å². The fraction of sp³-hybridized carbons (Fsp3) is 0.480. The van der Waals surface area contributed by atoms with E-state index < -0.39 is 230 Å². The first kappa shape index (κ1) is 99.7. The lowest BCUT2D eigenvalue weighted by Crippen LogP contribution is -2.38. The lowest BCUT2D eigenvalue weighted by Gasteiger charge is -2.30. The molecule has 756 valence electrons. The molecule has 0 aliphatic carbocycles. The number of aliphatic hydroxyl groups is 1. The molecule has 24 heterocycles. The highest BCUT2D eigenvalue weighted by atomic mass is 32.7. The fourth-order valence-electron chi connectivity index (χ4n) is 19.1. The molecule has 6 radical (unpaired) electrons. The van der Waals surface area contributed by atoms with Crippen LogP contribution in [0.25, 0.3) is 66.6 Å². The van der Waals surface area contributed by atoms with E-state index in [1.165, 1.54) is 66.7 Å². The maximum absolute atomic E-state index is 16.3. The number of pyridine rings is 3. The molecular weight excluding hydrogens is 2090 g/mol. The molecule has 0 bridgehead atoms. The van der Waals surface area contributed by atoms with E-state index >= 15 is 22.0 Å². The van der Waals surface area contributed by atoms with Crippen molar-refractivity contribution in [2.24, 2.45) is 0 Å². The summed E-state index contributed by atoms with van der Waals surface area (Å²) < 4.78 is 245. The quantitative estimate of drug-likeness (QED) is 0.0382. The van der Waals surface area contributed by atoms with Gasteiger partial charge < -0.3 is 126 Å². The molecule has 9 saturated heterocycles. The summed E-state index contributed by atoms with van der Waals surface area (Å²) in [6.45, 7) is -16.8. The number of carbonyl (C=O) groups is 3. The van der Waals surface area contributed by atoms with Gasteiger partial charge in [0.25, 0.3) is 22.4 Å². The van der Waals surface area contributed by atoms with Gasteiger partial charge in [-0.15, -0.1) is 0 Å². The first-order valence-electron chi connectivity index (χ1n) is 43.7. The topological polar surface area (TPSA) is 645 Å². The van der Waals surface area contributed by atoms with Crippen molar-refractivity contribution in [3.05, 3.63) is 110 Å². The lowest BCUT2D eigenvalue weighted by molar-refractivity contribution is -0.116. The molecule has 3 amide bonds. The molecule has 12 unspecified atom stereocenters. The zero-order chi connectivity index (χ0) is 101. The number of nitrogen functional groups attached to an aromatic ring is 3. The molecule has 12 aliphatic rings. The van der Waals surface area contributed by atoms with Crippen molar-refractivity contribution in [1.82, 2.24) is 87.2 Å². The van der Waals surface area contributed by atoms with Crippen LogP contribution in [0.5, 0.6) is 0 Å². The molecule has 0 spiro atoms. The number of fused-ring (bicyclic) bond motifs is 9. The maximum atomic E-state index is 16.3. The Morgan fingerprint density at radius 2 is 0.646 bits per heavy atom. The normalized spacial score (nSPS) is 37.4. The van der Waals surface area contributed by atoms with Crippen molar-refractivity contribution in [1.29, 1.82) is 0 Å². The van der Waals surface area contributed by atoms with Crippen LogP contribution in [0.15, 0.2) is 93.3 Å². The number of nitrogens with zero attached hydrogens (tertiary/aromatic N) is 18. The second-order valence-electron chi connectivity index (χ2n) is 34.6. The highest BCUT2D eigenvalue weighted by Crippen LogP contribution is 2.62. The van der Waals surface area contributed by atoms with Crippen molar-refractivity contribution in [3.8, 4) is 0 Å². The van der Waals surface area contributed by atoms with Gasteiger partial charge in [-0.3, -0.25) is 59.9 Å². The minimum absolute atomic E-state index is 0.0431. The Labute approximate surface area is 823 Å². The summed E-state index contributed by atoms with van der Waals surface area (Å²) in [5.74, 6) is -0.344. The number of imidazole rings is 3. The van der Waals surface area contributed by atoms with Crippen LogP contribution in [-0.2, 0) is 158 Å². The summed E-state index contributed by atoms with van der Waals surface area (Å²) in [5, 5.41) is 21.9. The molecule has 30 atom stereocenters. The number of nitrogens with two attached hydrogens (primary N) is 3. The van der Waals surface area contributed by atoms with Gasteiger partial charge in [0.2, 0.25) is 40.4 Å². The third-order valence-electron chi connectivity index (χ3n) is 25.5. The number of thiol groups is 1. The van der Waals surface area contributed by atoms with Gasteiger partial charge in [0, 0.05) is 72.6 Å². The molecule has 52 nitrogen and oxygen atoms in total. The minimum atomic E-state index is -4.60. The zero-order valence-corrected chi connectivity index (χ0v) is 81.3. The molecule has 69 heteroatoms. The van der Waals surface area contributed by atoms with Crippen LogP contribution in [0.1, 0.15) is 73.3 Å². The van der Waals surface area contributed by atoms with Crippen molar-refractivity contribution >= 4 is 220 Å². The Hall–Kier alpha value is -8.90. The Kier molecular flexibility index (Phi) is 26.5. The number of ether oxygens (including phenoxy) is 6. The van der Waals surface area contributed by atoms with E-state index in [0.29, 0.717) is 69.4 Å². The number of aromatic nitrogens is 18. The van der Waals surface area contributed by atoms with Gasteiger partial charge in [-0.1, -0.05) is 12.2 Å². The Bertz CT molecular complexity index is 6800. The summed E-state index contributed by atoms with van der Waals surface area (Å²) in [4.78, 5) is 108. The van der Waals surface area contributed by atoms with E-state index in [0.717, 1.165) is 29.3 Å². The SMILES string of the molecule is [B]P1(=O)OC[C@H]2O[C@@H](n3cc4c5c(ccnc53)NC(=O)CC4)[C@@H](F)C2OP(=O)(S)OC[C@H]2O[C@@H](n3cnc4c(N)ncnc43)C(F)[C@H]2O1.[B]P1(=O)OC[C@H]2O[C@@H](n3cc4c5c(ccnc53)NC(=O)CC4)[C@@H](O)C2OP(O)(=S)OC[C@H]2O[C@@H](n3cnc4c(N)ncnc43)C(F)[C@H]2O1.[B]P1(=O)OC[C@H]2O[C@@H](n3cnc4c(N)ncnc43)C(F)[C@H]2OP(O)(=S)OC[C@H]2O[C@@H](n3cc4c5c(ccnc53)NC(=O)CC4)[C@@H](F)C2O1. The smallest absolute Gasteiger partial charge is 0.386 e. The highest BCUT2D eigenvalue weighted by Gasteiger charge is 2.60. The first-order valence-corrected chi connectivity index (χ1v) is 56.5. The van der Waals surface area contributed by atoms with Crippen LogP contribution in [0.3, 0.4) is 0 Å². The van der Waals surface area contributed by atoms with Gasteiger partial charge >= 0.3 is 20.2 Å². The van der Waals surface area contributed by atoms with Gasteiger partial charge in [-0.2, -0.15) is 0 Å². The summed E-state index contributed by atoms with van der Waals surface area (Å²) in [6, 6.07) is 4.93. The first-order chi connectivity index (χ1) is 68.7. The van der Waals surface area contributed by atoms with Crippen LogP contribution in [0.4, 0.5) is 56.5 Å². The second-order valence-corrected chi connectivity index (χ2v) is 47.7. The summed E-state index contributed by atoms with van der Waals surface area (Å²) >= 11 is 14.5. The van der Waals surface area contributed by atoms with Crippen molar-refractivity contribution in [2.75, 3.05) is 72.8 Å². The van der Waals surface area contributed by atoms with Crippen LogP contribution in [-0.4, -0.2) is 292 Å². The van der Waals surface area contributed by atoms with Crippen molar-refractivity contribution < 1.29 is 152 Å². The average molecular weight is 2170 g/mol. The van der Waals surface area contributed by atoms with Crippen molar-refractivity contribution in [3.63, 3.8) is 0 Å². The lowest BCUT2D eigenvalue weighted by atomic mass is 10.1. The largest absolute Gasteiger partial charge is 0.386 e. The number of anilines is 6. The summed E-state index contributed by atoms with van der Waals surface area (Å²) in [5.41, 5.74) is 23.4. The molecule has 0 aromatic carbocycles. The number of rotatable bonds is 6. The third kappa shape index (κ3) is 18.8. The number of carbonyl (C=O) groups excluding carboxylic acids is 3. The molecule has 0 saturated carbocycles. The van der Waals surface area contributed by atoms with Crippen molar-refractivity contribution in [2.45, 2.75) is 186 Å². The monoisotopic (exact) mass is 2170 g/mol. The number of hydrogen-bond donors (Lipinski definition) is 10. The van der Waals surface area contributed by atoms with Gasteiger partial charge in [-0.25, -0.2) is 86.3 Å². The molecule has 24 rings (SSSR count). The van der Waals surface area contributed by atoms with E-state index in [1.807, 2.05) is 0 Å². The van der Waals surface area contributed by atoms with Crippen LogP contribution in [0.2, 0.25) is 0 Å². The summed E-state index contributed by atoms with van der Waals surface area (Å²) in [7, 11) is 4.00. The molecule has 12 aromatic rings. The van der Waals surface area contributed by atoms with Crippen LogP contribution in [0, 0.1) is 0 Å². The maximum Gasteiger partial charge on any atom is 0.386 e. The Morgan fingerprint density at radius 3 is 0.986 bits per heavy atom. The minimum Gasteiger partial charge on any atom is -0.386 e. The van der Waals surface area contributed by atoms with E-state index in [1.54, 1.807) is 41.4 Å². The fourth-order valence-corrected chi connectivity index (χ4v) is 26.5. The molecule has 144 heavy (non-hydrogen) atoms. The number of nitrogens with one attached hydrogen (secondary N) is 3. The third-order valence-corrected chi connectivity index (χ3v) is 33.4. The Balaban J connectivity index is 0.000000123. The van der Waals surface area contributed by atoms with Gasteiger partial charge in [0.15, 0.2) is 103 Å². The molecule has 9 fully saturated rings. The molecule has 12 aliphatic heterocycles. The van der Waals surface area contributed by atoms with Gasteiger partial charge in [0.1, 0.15) is 132 Å². The predicted octanol–water partition coefficient (Wildman–Crippen LogP) is 6.22. The number of halogens is 5. The molecule has 12 N–H and O–H groups in total. The van der Waals surface area contributed by atoms with Crippen LogP contribution < -0.4 is 33.2 Å². The van der Waals surface area contributed by atoms with Crippen LogP contribution >= 0.6 is 54.9 Å². The zero-order valence-electron chi connectivity index (χ0n) is 73.4. The highest BCUT2D eigenvalue weighted by molar-refractivity contribution is 8.44. The number of aryl methyl sites for hydroxylation is 3. The standard InChI is InChI=1S/2C25H25BF2N8O9P2S.C25H26BFN8O10P2S/c26-46(38)40-6-12-20(17(28)24(42-12)35-5-10-1-2-14(37)34-11-3-4-30-22(35)15(10)11)45-47(39,48)41-7-13-19(44-46)16(27)25(43-13)36-9-33-18-21(29)31-8-32-23(18)36;26-46(38)40-6-12-20(17(28)25(43-12)36-9-33-18-21(29)31-8-32-23(18)36)45-47(39,48)41-7-13-19(44-46)16(27)24(42-13)35-5-10-1-2-14(37)34-11-3-4-30-22(35)15(10)11;26-46(38)40-6-13-20(18(37)25(43-13)34-5-10-1-2-14(36)33-11-3-4-29-22(34)15(10)11)45-47(39,48)41-7-12-19(44-46)16(27)24(42-12)35-9-32-17-21(28)30-8-31-23(17)35/h2*3-5,8-9,12-13,16-17,19-20,24-25H,1-2,6-7H2,(H,34,37)(H,39,48)(H2,29,31,32);3-5,8-9,12-13,16,18-20,24-25,37H,1-2,6-7H2,(H,33,36)(H,39,48)(H2,28,30,31)/t12-,13-,16?,17+,19+,20?,24-,25-,46?,47?;12-,13-,16+,17?,19?,20+,24-,25-,46?,47?;12-,13-,16?,18+,19+,20?,24-,25-,46?,47?/m111/s1. The van der Waals surface area contributed by atoms with Gasteiger partial charge in [0.05, 0.1) is 75.7 Å². The second kappa shape index (κ2) is 38.3. The van der Waals surface area contributed by atoms with E-state index in [9.17, 15) is 47.5 Å². The number of aliphatic hydroxyl groups excluding tert-OH is 1. The molecule has 12 aromatic heterocycles. The van der Waals surface area contributed by atoms with E-state index in [4.69, 9.17) is 146 Å². The number of amides is 3. The average Bonchev–Trinajstić information content (AvgIpc) is 1.53. The van der Waals surface area contributed by atoms with Gasteiger partial charge in [-0.05, 0) is 77.8 Å². The number of alkyl halides is 5. The summed E-state index contributed by atoms with van der Waals surface area (Å²) in [6.07, 6.45) is -19.4. The predicted molar refractivity (Wildman–Crippen MR) is 498 cm³/mol. The van der Waals surface area contributed by atoms with E-state index in [-0.39, 0.29) is 87.9 Å². The number of hydrogen-bond acceptors (Lipinski definition) is 43. The molecular formula is C75H76B3F5N24O28P6S3. The Morgan fingerprint density at radius 1 is 0.368 bits per heavy atom.